The maximum Gasteiger partial charge on any atom is 0.233 e. The molecule has 0 saturated heterocycles. The van der Waals surface area contributed by atoms with Crippen LogP contribution in [-0.2, 0) is 30.6 Å². The van der Waals surface area contributed by atoms with Crippen molar-refractivity contribution in [3.05, 3.63) is 64.5 Å². The maximum atomic E-state index is 12.6. The monoisotopic (exact) mass is 405 g/mol. The molecule has 3 aromatic rings. The molecule has 0 spiro atoms. The van der Waals surface area contributed by atoms with Gasteiger partial charge >= 0.3 is 0 Å². The van der Waals surface area contributed by atoms with Crippen molar-refractivity contribution in [1.29, 1.82) is 0 Å². The Labute approximate surface area is 174 Å². The van der Waals surface area contributed by atoms with Gasteiger partial charge in [0.05, 0.1) is 11.4 Å². The molecule has 1 aliphatic heterocycles. The van der Waals surface area contributed by atoms with Gasteiger partial charge in [-0.15, -0.1) is 10.2 Å². The van der Waals surface area contributed by atoms with Crippen molar-refractivity contribution < 1.29 is 4.79 Å². The van der Waals surface area contributed by atoms with E-state index < -0.39 is 0 Å². The molecule has 0 unspecified atom stereocenters. The molecule has 29 heavy (non-hydrogen) atoms. The number of aromatic nitrogens is 4. The normalized spacial score (nSPS) is 15.3. The predicted molar refractivity (Wildman–Crippen MR) is 112 cm³/mol. The Morgan fingerprint density at radius 3 is 2.72 bits per heavy atom. The quantitative estimate of drug-likeness (QED) is 0.624. The zero-order valence-corrected chi connectivity index (χ0v) is 17.3. The lowest BCUT2D eigenvalue weighted by Gasteiger charge is -2.28. The number of rotatable bonds is 4. The van der Waals surface area contributed by atoms with Crippen LogP contribution >= 0.6 is 11.8 Å². The lowest BCUT2D eigenvalue weighted by atomic mass is 10.00. The van der Waals surface area contributed by atoms with Crippen molar-refractivity contribution in [2.45, 2.75) is 44.2 Å². The maximum absolute atomic E-state index is 12.6. The van der Waals surface area contributed by atoms with Crippen LogP contribution in [-0.4, -0.2) is 43.1 Å². The number of hydrogen-bond acceptors (Lipinski definition) is 5. The lowest BCUT2D eigenvalue weighted by Crippen LogP contribution is -2.37. The van der Waals surface area contributed by atoms with Gasteiger partial charge in [0.15, 0.2) is 5.82 Å². The second-order valence-corrected chi connectivity index (χ2v) is 8.62. The van der Waals surface area contributed by atoms with Gasteiger partial charge in [-0.2, -0.15) is 5.10 Å². The van der Waals surface area contributed by atoms with E-state index in [1.54, 1.807) is 0 Å². The summed E-state index contributed by atoms with van der Waals surface area (Å²) in [6.45, 7) is 3.57. The molecule has 1 amide bonds. The summed E-state index contributed by atoms with van der Waals surface area (Å²) in [5.41, 5.74) is 6.32. The van der Waals surface area contributed by atoms with E-state index >= 15 is 0 Å². The van der Waals surface area contributed by atoms with E-state index in [1.807, 2.05) is 27.8 Å². The van der Waals surface area contributed by atoms with Crippen molar-refractivity contribution in [3.8, 4) is 5.82 Å². The highest BCUT2D eigenvalue weighted by molar-refractivity contribution is 7.99. The van der Waals surface area contributed by atoms with Gasteiger partial charge in [0, 0.05) is 18.8 Å². The van der Waals surface area contributed by atoms with E-state index in [0.717, 1.165) is 42.3 Å². The highest BCUT2D eigenvalue weighted by atomic mass is 32.2. The Bertz CT molecular complexity index is 1060. The molecule has 2 aromatic heterocycles. The van der Waals surface area contributed by atoms with Crippen LogP contribution in [0.15, 0.2) is 41.4 Å². The molecule has 1 aliphatic carbocycles. The van der Waals surface area contributed by atoms with Gasteiger partial charge in [0.25, 0.3) is 0 Å². The molecule has 3 heterocycles. The first-order valence-electron chi connectivity index (χ1n) is 10.1. The molecule has 5 rings (SSSR count). The zero-order chi connectivity index (χ0) is 19.8. The lowest BCUT2D eigenvalue weighted by molar-refractivity contribution is -0.129. The van der Waals surface area contributed by atoms with Gasteiger partial charge in [0.2, 0.25) is 5.91 Å². The van der Waals surface area contributed by atoms with E-state index in [2.05, 4.69) is 35.3 Å². The third-order valence-electron chi connectivity index (χ3n) is 5.83. The van der Waals surface area contributed by atoms with Crippen molar-refractivity contribution in [3.63, 3.8) is 0 Å². The highest BCUT2D eigenvalue weighted by Gasteiger charge is 2.22. The van der Waals surface area contributed by atoms with Gasteiger partial charge in [-0.05, 0) is 61.4 Å². The zero-order valence-electron chi connectivity index (χ0n) is 16.5. The van der Waals surface area contributed by atoms with Crippen LogP contribution in [0.25, 0.3) is 5.82 Å². The van der Waals surface area contributed by atoms with Crippen molar-refractivity contribution >= 4 is 17.7 Å². The average molecular weight is 406 g/mol. The number of hydrogen-bond donors (Lipinski definition) is 0. The summed E-state index contributed by atoms with van der Waals surface area (Å²) >= 11 is 1.44. The first-order valence-corrected chi connectivity index (χ1v) is 11.1. The Morgan fingerprint density at radius 2 is 1.93 bits per heavy atom. The molecule has 0 bridgehead atoms. The molecule has 6 nitrogen and oxygen atoms in total. The number of fused-ring (bicyclic) bond motifs is 2. The standard InChI is InChI=1S/C22H23N5OS/c1-15-18-7-4-8-19(18)25-27(15)20-9-10-21(24-23-20)29-14-22(28)26-12-11-16-5-2-3-6-17(16)13-26/h2-3,5-6,9-10H,4,7-8,11-14H2,1H3. The number of benzene rings is 1. The SMILES string of the molecule is Cc1c2c(nn1-c1ccc(SCC(=O)N3CCc4ccccc4C3)nn1)CCC2. The summed E-state index contributed by atoms with van der Waals surface area (Å²) in [6, 6.07) is 12.2. The van der Waals surface area contributed by atoms with E-state index in [4.69, 9.17) is 5.10 Å². The van der Waals surface area contributed by atoms with Gasteiger partial charge in [-0.25, -0.2) is 4.68 Å². The first-order chi connectivity index (χ1) is 14.2. The van der Waals surface area contributed by atoms with Crippen LogP contribution in [0, 0.1) is 6.92 Å². The van der Waals surface area contributed by atoms with Gasteiger partial charge in [-0.1, -0.05) is 36.0 Å². The number of aryl methyl sites for hydroxylation is 1. The molecular formula is C22H23N5OS. The molecule has 0 N–H and O–H groups in total. The minimum atomic E-state index is 0.148. The Morgan fingerprint density at radius 1 is 1.07 bits per heavy atom. The molecule has 1 aromatic carbocycles. The molecule has 148 valence electrons. The molecular weight excluding hydrogens is 382 g/mol. The summed E-state index contributed by atoms with van der Waals surface area (Å²) in [4.78, 5) is 14.6. The summed E-state index contributed by atoms with van der Waals surface area (Å²) < 4.78 is 1.89. The highest BCUT2D eigenvalue weighted by Crippen LogP contribution is 2.26. The van der Waals surface area contributed by atoms with Crippen molar-refractivity contribution in [2.24, 2.45) is 0 Å². The minimum Gasteiger partial charge on any atom is -0.337 e. The van der Waals surface area contributed by atoms with Crippen LogP contribution in [0.4, 0.5) is 0 Å². The largest absolute Gasteiger partial charge is 0.337 e. The molecule has 0 atom stereocenters. The first kappa shape index (κ1) is 18.4. The summed E-state index contributed by atoms with van der Waals surface area (Å²) in [6.07, 6.45) is 4.27. The van der Waals surface area contributed by atoms with E-state index in [9.17, 15) is 4.79 Å². The fraction of sp³-hybridized carbons (Fsp3) is 0.364. The van der Waals surface area contributed by atoms with Crippen molar-refractivity contribution in [1.82, 2.24) is 24.9 Å². The molecule has 0 saturated carbocycles. The number of thioether (sulfide) groups is 1. The van der Waals surface area contributed by atoms with Gasteiger partial charge in [-0.3, -0.25) is 4.79 Å². The Balaban J connectivity index is 1.21. The van der Waals surface area contributed by atoms with Gasteiger partial charge in [0.1, 0.15) is 5.03 Å². The van der Waals surface area contributed by atoms with Crippen LogP contribution in [0.5, 0.6) is 0 Å². The summed E-state index contributed by atoms with van der Waals surface area (Å²) in [5, 5.41) is 14.1. The fourth-order valence-corrected chi connectivity index (χ4v) is 4.93. The van der Waals surface area contributed by atoms with Crippen LogP contribution in [0.2, 0.25) is 0 Å². The molecule has 0 radical (unpaired) electrons. The molecule has 0 fully saturated rings. The smallest absolute Gasteiger partial charge is 0.233 e. The van der Waals surface area contributed by atoms with Crippen LogP contribution < -0.4 is 0 Å². The summed E-state index contributed by atoms with van der Waals surface area (Å²) in [5.74, 6) is 1.26. The number of amides is 1. The Hall–Kier alpha value is -2.67. The topological polar surface area (TPSA) is 63.9 Å². The van der Waals surface area contributed by atoms with E-state index in [0.29, 0.717) is 12.3 Å². The predicted octanol–water partition coefficient (Wildman–Crippen LogP) is 3.14. The number of carbonyl (C=O) groups excluding carboxylic acids is 1. The average Bonchev–Trinajstić information content (AvgIpc) is 3.35. The second-order valence-electron chi connectivity index (χ2n) is 7.63. The summed E-state index contributed by atoms with van der Waals surface area (Å²) in [7, 11) is 0. The Kier molecular flexibility index (Phi) is 4.83. The van der Waals surface area contributed by atoms with Crippen molar-refractivity contribution in [2.75, 3.05) is 12.3 Å². The molecule has 2 aliphatic rings. The third-order valence-corrected chi connectivity index (χ3v) is 6.74. The second kappa shape index (κ2) is 7.63. The molecule has 7 heteroatoms. The van der Waals surface area contributed by atoms with Crippen LogP contribution in [0.3, 0.4) is 0 Å². The third kappa shape index (κ3) is 3.55. The van der Waals surface area contributed by atoms with E-state index in [1.165, 1.54) is 40.6 Å². The van der Waals surface area contributed by atoms with E-state index in [-0.39, 0.29) is 5.91 Å². The fourth-order valence-electron chi connectivity index (χ4n) is 4.21. The number of nitrogens with zero attached hydrogens (tertiary/aromatic N) is 5. The number of carbonyl (C=O) groups is 1. The minimum absolute atomic E-state index is 0.148. The van der Waals surface area contributed by atoms with Gasteiger partial charge < -0.3 is 4.90 Å². The van der Waals surface area contributed by atoms with Crippen LogP contribution in [0.1, 0.15) is 34.5 Å².